The highest BCUT2D eigenvalue weighted by molar-refractivity contribution is 7.89. The zero-order valence-corrected chi connectivity index (χ0v) is 14.9. The zero-order chi connectivity index (χ0) is 17.5. The van der Waals surface area contributed by atoms with E-state index in [0.29, 0.717) is 18.7 Å². The lowest BCUT2D eigenvalue weighted by Gasteiger charge is -2.39. The van der Waals surface area contributed by atoms with E-state index in [-0.39, 0.29) is 23.3 Å². The molecule has 1 unspecified atom stereocenters. The van der Waals surface area contributed by atoms with E-state index in [1.807, 2.05) is 19.9 Å². The average Bonchev–Trinajstić information content (AvgIpc) is 2.54. The Kier molecular flexibility index (Phi) is 4.36. The van der Waals surface area contributed by atoms with Crippen LogP contribution in [0.1, 0.15) is 19.4 Å². The molecule has 0 N–H and O–H groups in total. The maximum Gasteiger partial charge on any atom is 0.334 e. The molecular formula is C18H21NO4S. The Morgan fingerprint density at radius 1 is 1.29 bits per heavy atom. The second kappa shape index (κ2) is 6.18. The van der Waals surface area contributed by atoms with Crippen LogP contribution in [0.3, 0.4) is 0 Å². The largest absolute Gasteiger partial charge is 0.463 e. The molecule has 1 atom stereocenters. The van der Waals surface area contributed by atoms with Gasteiger partial charge in [-0.2, -0.15) is 4.31 Å². The molecule has 1 heterocycles. The number of esters is 1. The quantitative estimate of drug-likeness (QED) is 0.785. The molecule has 0 bridgehead atoms. The Hall–Kier alpha value is -1.92. The van der Waals surface area contributed by atoms with Crippen LogP contribution in [-0.4, -0.2) is 38.4 Å². The van der Waals surface area contributed by atoms with Crippen molar-refractivity contribution in [3.63, 3.8) is 0 Å². The minimum absolute atomic E-state index is 0.0169. The number of rotatable bonds is 4. The third-order valence-corrected chi connectivity index (χ3v) is 6.40. The fraction of sp³-hybridized carbons (Fsp3) is 0.389. The molecule has 1 aromatic carbocycles. The Morgan fingerprint density at radius 3 is 2.58 bits per heavy atom. The summed E-state index contributed by atoms with van der Waals surface area (Å²) in [4.78, 5) is 12.4. The van der Waals surface area contributed by atoms with Crippen molar-refractivity contribution in [2.45, 2.75) is 25.7 Å². The lowest BCUT2D eigenvalue weighted by atomic mass is 9.72. The average molecular weight is 347 g/mol. The first-order chi connectivity index (χ1) is 11.4. The van der Waals surface area contributed by atoms with Crippen LogP contribution in [0.5, 0.6) is 0 Å². The summed E-state index contributed by atoms with van der Waals surface area (Å²) in [6, 6.07) is 6.81. The first kappa shape index (κ1) is 16.9. The van der Waals surface area contributed by atoms with Crippen LogP contribution in [0.15, 0.2) is 52.0 Å². The van der Waals surface area contributed by atoms with Gasteiger partial charge < -0.3 is 4.74 Å². The van der Waals surface area contributed by atoms with Gasteiger partial charge in [0.25, 0.3) is 0 Å². The van der Waals surface area contributed by atoms with Gasteiger partial charge in [-0.3, -0.25) is 0 Å². The lowest BCUT2D eigenvalue weighted by Crippen LogP contribution is -2.42. The molecule has 2 aliphatic rings. The predicted molar refractivity (Wildman–Crippen MR) is 90.8 cm³/mol. The molecule has 6 heteroatoms. The molecular weight excluding hydrogens is 326 g/mol. The fourth-order valence-electron chi connectivity index (χ4n) is 3.22. The number of hydrogen-bond acceptors (Lipinski definition) is 4. The molecule has 1 aromatic rings. The summed E-state index contributed by atoms with van der Waals surface area (Å²) < 4.78 is 32.1. The van der Waals surface area contributed by atoms with Crippen LogP contribution in [0.2, 0.25) is 0 Å². The van der Waals surface area contributed by atoms with E-state index < -0.39 is 10.0 Å². The Balaban J connectivity index is 1.90. The van der Waals surface area contributed by atoms with Crippen LogP contribution < -0.4 is 0 Å². The third kappa shape index (κ3) is 2.70. The van der Waals surface area contributed by atoms with Gasteiger partial charge in [0, 0.05) is 24.6 Å². The maximum atomic E-state index is 12.8. The predicted octanol–water partition coefficient (Wildman–Crippen LogP) is 2.44. The van der Waals surface area contributed by atoms with E-state index in [0.717, 1.165) is 16.7 Å². The van der Waals surface area contributed by atoms with E-state index in [2.05, 4.69) is 0 Å². The molecule has 0 saturated carbocycles. The summed E-state index contributed by atoms with van der Waals surface area (Å²) >= 11 is 0. The topological polar surface area (TPSA) is 63.7 Å². The Morgan fingerprint density at radius 2 is 1.96 bits per heavy atom. The van der Waals surface area contributed by atoms with Gasteiger partial charge in [0.2, 0.25) is 10.0 Å². The van der Waals surface area contributed by atoms with Crippen molar-refractivity contribution in [1.29, 1.82) is 0 Å². The summed E-state index contributed by atoms with van der Waals surface area (Å²) in [6.07, 6.45) is 1.90. The Bertz CT molecular complexity index is 834. The first-order valence-electron chi connectivity index (χ1n) is 8.03. The second-order valence-electron chi connectivity index (χ2n) is 6.10. The summed E-state index contributed by atoms with van der Waals surface area (Å²) in [5.74, 6) is -0.324. The number of sulfonamides is 1. The van der Waals surface area contributed by atoms with Gasteiger partial charge in [-0.1, -0.05) is 30.7 Å². The van der Waals surface area contributed by atoms with Crippen LogP contribution in [0, 0.1) is 12.8 Å². The van der Waals surface area contributed by atoms with Gasteiger partial charge in [-0.05, 0) is 37.1 Å². The van der Waals surface area contributed by atoms with Gasteiger partial charge >= 0.3 is 5.97 Å². The SMILES string of the molecule is CCOC(=O)C1=C2CN(S(=O)(=O)c3ccc(C)cc3)CC=C2C1C. The fourth-order valence-corrected chi connectivity index (χ4v) is 4.57. The number of carbonyl (C=O) groups is 1. The van der Waals surface area contributed by atoms with Crippen molar-refractivity contribution in [2.75, 3.05) is 19.7 Å². The van der Waals surface area contributed by atoms with Crippen molar-refractivity contribution in [1.82, 2.24) is 4.31 Å². The van der Waals surface area contributed by atoms with E-state index in [1.54, 1.807) is 31.2 Å². The smallest absolute Gasteiger partial charge is 0.334 e. The van der Waals surface area contributed by atoms with E-state index in [1.165, 1.54) is 4.31 Å². The highest BCUT2D eigenvalue weighted by Gasteiger charge is 2.41. The molecule has 1 aliphatic carbocycles. The summed E-state index contributed by atoms with van der Waals surface area (Å²) in [7, 11) is -3.58. The number of nitrogens with zero attached hydrogens (tertiary/aromatic N) is 1. The van der Waals surface area contributed by atoms with Crippen molar-refractivity contribution < 1.29 is 17.9 Å². The highest BCUT2D eigenvalue weighted by atomic mass is 32.2. The molecule has 5 nitrogen and oxygen atoms in total. The van der Waals surface area contributed by atoms with E-state index >= 15 is 0 Å². The van der Waals surface area contributed by atoms with Crippen molar-refractivity contribution in [3.8, 4) is 0 Å². The van der Waals surface area contributed by atoms with Crippen molar-refractivity contribution >= 4 is 16.0 Å². The molecule has 128 valence electrons. The molecule has 0 spiro atoms. The normalized spacial score (nSPS) is 21.0. The highest BCUT2D eigenvalue weighted by Crippen LogP contribution is 2.43. The zero-order valence-electron chi connectivity index (χ0n) is 14.1. The summed E-state index contributed by atoms with van der Waals surface area (Å²) in [6.45, 7) is 6.49. The molecule has 1 aliphatic heterocycles. The maximum absolute atomic E-state index is 12.8. The number of aryl methyl sites for hydroxylation is 1. The number of ether oxygens (including phenoxy) is 1. The standard InChI is InChI=1S/C18H21NO4S/c1-4-23-18(20)17-13(3)15-9-10-19(11-16(15)17)24(21,22)14-7-5-12(2)6-8-14/h5-9,13H,4,10-11H2,1-3H3. The van der Waals surface area contributed by atoms with Gasteiger partial charge in [-0.15, -0.1) is 0 Å². The molecule has 3 rings (SSSR count). The van der Waals surface area contributed by atoms with Gasteiger partial charge in [0.1, 0.15) is 0 Å². The molecule has 0 radical (unpaired) electrons. The minimum Gasteiger partial charge on any atom is -0.463 e. The monoisotopic (exact) mass is 347 g/mol. The number of carbonyl (C=O) groups excluding carboxylic acids is 1. The van der Waals surface area contributed by atoms with Gasteiger partial charge in [-0.25, -0.2) is 13.2 Å². The third-order valence-electron chi connectivity index (χ3n) is 4.58. The van der Waals surface area contributed by atoms with E-state index in [4.69, 9.17) is 4.74 Å². The van der Waals surface area contributed by atoms with Gasteiger partial charge in [0.05, 0.1) is 11.5 Å². The molecule has 24 heavy (non-hydrogen) atoms. The van der Waals surface area contributed by atoms with Gasteiger partial charge in [0.15, 0.2) is 0 Å². The summed E-state index contributed by atoms with van der Waals surface area (Å²) in [5, 5.41) is 0. The number of benzene rings is 1. The van der Waals surface area contributed by atoms with Crippen LogP contribution >= 0.6 is 0 Å². The minimum atomic E-state index is -3.58. The number of hydrogen-bond donors (Lipinski definition) is 0. The summed E-state index contributed by atoms with van der Waals surface area (Å²) in [5.41, 5.74) is 3.47. The van der Waals surface area contributed by atoms with Crippen LogP contribution in [0.4, 0.5) is 0 Å². The molecule has 0 fully saturated rings. The lowest BCUT2D eigenvalue weighted by molar-refractivity contribution is -0.139. The molecule has 0 aromatic heterocycles. The van der Waals surface area contributed by atoms with Crippen molar-refractivity contribution in [3.05, 3.63) is 52.6 Å². The Labute approximate surface area is 142 Å². The number of fused-ring (bicyclic) bond motifs is 1. The second-order valence-corrected chi connectivity index (χ2v) is 8.04. The van der Waals surface area contributed by atoms with E-state index in [9.17, 15) is 13.2 Å². The van der Waals surface area contributed by atoms with Crippen LogP contribution in [-0.2, 0) is 19.6 Å². The van der Waals surface area contributed by atoms with Crippen LogP contribution in [0.25, 0.3) is 0 Å². The van der Waals surface area contributed by atoms with Crippen molar-refractivity contribution in [2.24, 2.45) is 5.92 Å². The first-order valence-corrected chi connectivity index (χ1v) is 9.47. The molecule has 0 amide bonds. The molecule has 0 saturated heterocycles.